The lowest BCUT2D eigenvalue weighted by atomic mass is 10.1. The van der Waals surface area contributed by atoms with E-state index in [-0.39, 0.29) is 25.7 Å². The van der Waals surface area contributed by atoms with E-state index in [0.717, 1.165) is 0 Å². The summed E-state index contributed by atoms with van der Waals surface area (Å²) in [5.74, 6) is 0.818. The van der Waals surface area contributed by atoms with E-state index in [4.69, 9.17) is 14.6 Å². The van der Waals surface area contributed by atoms with Gasteiger partial charge in [-0.2, -0.15) is 0 Å². The molecule has 2 rings (SSSR count). The van der Waals surface area contributed by atoms with Crippen LogP contribution in [0.4, 0.5) is 5.69 Å². The van der Waals surface area contributed by atoms with Crippen molar-refractivity contribution < 1.29 is 24.5 Å². The molecule has 6 heteroatoms. The number of anilines is 1. The topological polar surface area (TPSA) is 79.2 Å². The lowest BCUT2D eigenvalue weighted by Crippen LogP contribution is -2.39. The highest BCUT2D eigenvalue weighted by Crippen LogP contribution is 2.41. The predicted molar refractivity (Wildman–Crippen MR) is 68.5 cm³/mol. The molecule has 104 valence electrons. The Bertz CT molecular complexity index is 474. The smallest absolute Gasteiger partial charge is 0.265 e. The number of rotatable bonds is 5. The molecule has 0 bridgehead atoms. The standard InChI is InChI=1S/C13H17NO5/c1-18-11-6-9(7-16)5-10-13(11)19-8-12(17)14(10)3-2-4-15/h5-6,15-16H,2-4,7-8H2,1H3. The summed E-state index contributed by atoms with van der Waals surface area (Å²) >= 11 is 0. The summed E-state index contributed by atoms with van der Waals surface area (Å²) in [6, 6.07) is 3.38. The van der Waals surface area contributed by atoms with Gasteiger partial charge in [0, 0.05) is 13.2 Å². The lowest BCUT2D eigenvalue weighted by Gasteiger charge is -2.30. The minimum Gasteiger partial charge on any atom is -0.493 e. The summed E-state index contributed by atoms with van der Waals surface area (Å²) in [6.45, 7) is 0.222. The van der Waals surface area contributed by atoms with Crippen molar-refractivity contribution in [2.24, 2.45) is 0 Å². The summed E-state index contributed by atoms with van der Waals surface area (Å²) in [6.07, 6.45) is 0.483. The third kappa shape index (κ3) is 2.64. The van der Waals surface area contributed by atoms with E-state index in [0.29, 0.717) is 35.7 Å². The highest BCUT2D eigenvalue weighted by molar-refractivity contribution is 5.98. The molecule has 1 aromatic rings. The summed E-state index contributed by atoms with van der Waals surface area (Å²) in [5.41, 5.74) is 1.22. The van der Waals surface area contributed by atoms with Crippen molar-refractivity contribution in [2.75, 3.05) is 31.8 Å². The molecule has 0 aromatic heterocycles. The van der Waals surface area contributed by atoms with Crippen LogP contribution in [-0.2, 0) is 11.4 Å². The quantitative estimate of drug-likeness (QED) is 0.802. The highest BCUT2D eigenvalue weighted by atomic mass is 16.5. The Morgan fingerprint density at radius 2 is 2.21 bits per heavy atom. The number of carbonyl (C=O) groups excluding carboxylic acids is 1. The van der Waals surface area contributed by atoms with Crippen LogP contribution in [-0.4, -0.2) is 43.0 Å². The van der Waals surface area contributed by atoms with E-state index < -0.39 is 0 Å². The molecular weight excluding hydrogens is 250 g/mol. The molecule has 0 aliphatic carbocycles. The molecule has 0 unspecified atom stereocenters. The van der Waals surface area contributed by atoms with Crippen molar-refractivity contribution in [3.63, 3.8) is 0 Å². The number of nitrogens with zero attached hydrogens (tertiary/aromatic N) is 1. The zero-order valence-corrected chi connectivity index (χ0v) is 10.8. The van der Waals surface area contributed by atoms with Crippen molar-refractivity contribution >= 4 is 11.6 Å². The zero-order valence-electron chi connectivity index (χ0n) is 10.8. The SMILES string of the molecule is COc1cc(CO)cc2c1OCC(=O)N2CCCO. The number of methoxy groups -OCH3 is 1. The normalized spacial score (nSPS) is 14.1. The van der Waals surface area contributed by atoms with Gasteiger partial charge in [0.25, 0.3) is 5.91 Å². The van der Waals surface area contributed by atoms with E-state index in [1.807, 2.05) is 0 Å². The van der Waals surface area contributed by atoms with E-state index in [2.05, 4.69) is 0 Å². The molecule has 0 fully saturated rings. The Hall–Kier alpha value is -1.79. The first-order valence-electron chi connectivity index (χ1n) is 6.07. The van der Waals surface area contributed by atoms with Crippen molar-refractivity contribution in [1.82, 2.24) is 0 Å². The van der Waals surface area contributed by atoms with E-state index in [1.165, 1.54) is 7.11 Å². The fourth-order valence-electron chi connectivity index (χ4n) is 2.05. The Morgan fingerprint density at radius 3 is 2.84 bits per heavy atom. The largest absolute Gasteiger partial charge is 0.493 e. The van der Waals surface area contributed by atoms with Crippen LogP contribution in [0, 0.1) is 0 Å². The Kier molecular flexibility index (Phi) is 4.24. The van der Waals surface area contributed by atoms with Gasteiger partial charge in [-0.3, -0.25) is 4.79 Å². The fourth-order valence-corrected chi connectivity index (χ4v) is 2.05. The zero-order chi connectivity index (χ0) is 13.8. The molecule has 1 aliphatic rings. The third-order valence-electron chi connectivity index (χ3n) is 2.97. The van der Waals surface area contributed by atoms with Gasteiger partial charge >= 0.3 is 0 Å². The second-order valence-corrected chi connectivity index (χ2v) is 4.22. The highest BCUT2D eigenvalue weighted by Gasteiger charge is 2.28. The van der Waals surface area contributed by atoms with Crippen LogP contribution in [0.5, 0.6) is 11.5 Å². The molecule has 2 N–H and O–H groups in total. The molecule has 1 aromatic carbocycles. The Morgan fingerprint density at radius 1 is 1.42 bits per heavy atom. The average molecular weight is 267 g/mol. The number of hydrogen-bond donors (Lipinski definition) is 2. The maximum atomic E-state index is 11.9. The van der Waals surface area contributed by atoms with E-state index >= 15 is 0 Å². The van der Waals surface area contributed by atoms with Crippen LogP contribution in [0.25, 0.3) is 0 Å². The van der Waals surface area contributed by atoms with Gasteiger partial charge in [-0.25, -0.2) is 0 Å². The van der Waals surface area contributed by atoms with Crippen LogP contribution in [0.2, 0.25) is 0 Å². The second kappa shape index (κ2) is 5.90. The molecule has 1 aliphatic heterocycles. The third-order valence-corrected chi connectivity index (χ3v) is 2.97. The lowest BCUT2D eigenvalue weighted by molar-refractivity contribution is -0.121. The number of fused-ring (bicyclic) bond motifs is 1. The van der Waals surface area contributed by atoms with Crippen molar-refractivity contribution in [2.45, 2.75) is 13.0 Å². The summed E-state index contributed by atoms with van der Waals surface area (Å²) in [4.78, 5) is 13.4. The number of aliphatic hydroxyl groups excluding tert-OH is 2. The fraction of sp³-hybridized carbons (Fsp3) is 0.462. The molecule has 1 heterocycles. The number of benzene rings is 1. The van der Waals surface area contributed by atoms with Gasteiger partial charge < -0.3 is 24.6 Å². The maximum absolute atomic E-state index is 11.9. The Balaban J connectivity index is 2.44. The molecule has 0 saturated carbocycles. The first-order chi connectivity index (χ1) is 9.21. The van der Waals surface area contributed by atoms with Gasteiger partial charge in [0.2, 0.25) is 0 Å². The van der Waals surface area contributed by atoms with Crippen LogP contribution in [0.15, 0.2) is 12.1 Å². The average Bonchev–Trinajstić information content (AvgIpc) is 2.44. The molecule has 0 radical (unpaired) electrons. The maximum Gasteiger partial charge on any atom is 0.265 e. The monoisotopic (exact) mass is 267 g/mol. The van der Waals surface area contributed by atoms with Gasteiger partial charge in [0.1, 0.15) is 0 Å². The number of aliphatic hydroxyl groups is 2. The Labute approximate surface area is 111 Å². The van der Waals surface area contributed by atoms with Crippen LogP contribution in [0.1, 0.15) is 12.0 Å². The molecule has 19 heavy (non-hydrogen) atoms. The first-order valence-corrected chi connectivity index (χ1v) is 6.07. The molecular formula is C13H17NO5. The first kappa shape index (κ1) is 13.6. The minimum absolute atomic E-state index is 0.0107. The van der Waals surface area contributed by atoms with Gasteiger partial charge in [0.05, 0.1) is 19.4 Å². The number of carbonyl (C=O) groups is 1. The summed E-state index contributed by atoms with van der Waals surface area (Å²) < 4.78 is 10.6. The molecule has 0 atom stereocenters. The molecule has 1 amide bonds. The molecule has 6 nitrogen and oxygen atoms in total. The van der Waals surface area contributed by atoms with Gasteiger partial charge in [-0.1, -0.05) is 0 Å². The van der Waals surface area contributed by atoms with Gasteiger partial charge in [0.15, 0.2) is 18.1 Å². The van der Waals surface area contributed by atoms with E-state index in [9.17, 15) is 9.90 Å². The van der Waals surface area contributed by atoms with Crippen molar-refractivity contribution in [1.29, 1.82) is 0 Å². The van der Waals surface area contributed by atoms with Gasteiger partial charge in [-0.15, -0.1) is 0 Å². The van der Waals surface area contributed by atoms with Crippen LogP contribution >= 0.6 is 0 Å². The second-order valence-electron chi connectivity index (χ2n) is 4.22. The van der Waals surface area contributed by atoms with Gasteiger partial charge in [-0.05, 0) is 24.1 Å². The summed E-state index contributed by atoms with van der Waals surface area (Å²) in [5, 5.41) is 18.1. The number of ether oxygens (including phenoxy) is 2. The summed E-state index contributed by atoms with van der Waals surface area (Å²) in [7, 11) is 1.51. The predicted octanol–water partition coefficient (Wildman–Crippen LogP) is 0.295. The van der Waals surface area contributed by atoms with Crippen LogP contribution in [0.3, 0.4) is 0 Å². The van der Waals surface area contributed by atoms with Crippen molar-refractivity contribution in [3.05, 3.63) is 17.7 Å². The van der Waals surface area contributed by atoms with Crippen LogP contribution < -0.4 is 14.4 Å². The number of hydrogen-bond acceptors (Lipinski definition) is 5. The molecule has 0 saturated heterocycles. The van der Waals surface area contributed by atoms with Crippen molar-refractivity contribution in [3.8, 4) is 11.5 Å². The van der Waals surface area contributed by atoms with E-state index in [1.54, 1.807) is 17.0 Å². The number of amides is 1. The minimum atomic E-state index is -0.168. The molecule has 0 spiro atoms.